The van der Waals surface area contributed by atoms with Crippen molar-refractivity contribution in [3.8, 4) is 0 Å². The largest absolute Gasteiger partial charge is 0.394 e. The minimum Gasteiger partial charge on any atom is -0.394 e. The van der Waals surface area contributed by atoms with Crippen LogP contribution in [0.4, 0.5) is 0 Å². The summed E-state index contributed by atoms with van der Waals surface area (Å²) in [6.45, 7) is 1.52. The van der Waals surface area contributed by atoms with Crippen molar-refractivity contribution >= 4 is 15.7 Å². The van der Waals surface area contributed by atoms with Crippen LogP contribution in [0.25, 0.3) is 0 Å². The van der Waals surface area contributed by atoms with Gasteiger partial charge in [-0.3, -0.25) is 4.79 Å². The van der Waals surface area contributed by atoms with Crippen LogP contribution in [-0.2, 0) is 9.84 Å². The van der Waals surface area contributed by atoms with E-state index >= 15 is 0 Å². The summed E-state index contributed by atoms with van der Waals surface area (Å²) in [7, 11) is -3.24. The summed E-state index contributed by atoms with van der Waals surface area (Å²) in [5, 5.41) is 11.4. The molecule has 0 aliphatic rings. The van der Waals surface area contributed by atoms with E-state index in [9.17, 15) is 13.2 Å². The number of amides is 1. The second-order valence-corrected chi connectivity index (χ2v) is 5.87. The Bertz CT molecular complexity index is 493. The molecule has 2 N–H and O–H groups in total. The first-order chi connectivity index (χ1) is 7.84. The Hall–Kier alpha value is -1.40. The van der Waals surface area contributed by atoms with Crippen LogP contribution in [0.15, 0.2) is 29.2 Å². The number of aliphatic hydroxyl groups is 1. The highest BCUT2D eigenvalue weighted by atomic mass is 32.2. The highest BCUT2D eigenvalue weighted by Gasteiger charge is 2.11. The first-order valence-corrected chi connectivity index (χ1v) is 6.95. The molecule has 0 radical (unpaired) electrons. The molecule has 0 bridgehead atoms. The Morgan fingerprint density at radius 3 is 2.29 bits per heavy atom. The summed E-state index contributed by atoms with van der Waals surface area (Å²) in [6, 6.07) is 5.31. The summed E-state index contributed by atoms with van der Waals surface area (Å²) >= 11 is 0. The summed E-state index contributed by atoms with van der Waals surface area (Å²) in [5.74, 6) is -0.341. The van der Waals surface area contributed by atoms with Crippen molar-refractivity contribution in [2.24, 2.45) is 0 Å². The monoisotopic (exact) mass is 257 g/mol. The number of carbonyl (C=O) groups is 1. The lowest BCUT2D eigenvalue weighted by atomic mass is 10.2. The lowest BCUT2D eigenvalue weighted by molar-refractivity contribution is 0.0922. The van der Waals surface area contributed by atoms with Crippen LogP contribution >= 0.6 is 0 Å². The Morgan fingerprint density at radius 2 is 1.88 bits per heavy atom. The van der Waals surface area contributed by atoms with Gasteiger partial charge in [-0.1, -0.05) is 0 Å². The zero-order valence-electron chi connectivity index (χ0n) is 9.67. The molecule has 0 aliphatic heterocycles. The average Bonchev–Trinajstić information content (AvgIpc) is 2.27. The normalized spacial score (nSPS) is 13.1. The maximum atomic E-state index is 11.6. The molecule has 0 unspecified atom stereocenters. The molecule has 1 amide bonds. The van der Waals surface area contributed by atoms with E-state index in [0.29, 0.717) is 5.56 Å². The summed E-state index contributed by atoms with van der Waals surface area (Å²) in [5.41, 5.74) is 0.359. The van der Waals surface area contributed by atoms with Crippen molar-refractivity contribution in [3.05, 3.63) is 29.8 Å². The van der Waals surface area contributed by atoms with E-state index in [1.54, 1.807) is 6.92 Å². The lowest BCUT2D eigenvalue weighted by Crippen LogP contribution is -2.34. The zero-order chi connectivity index (χ0) is 13.1. The topological polar surface area (TPSA) is 83.5 Å². The number of aliphatic hydroxyl groups excluding tert-OH is 1. The molecule has 0 spiro atoms. The van der Waals surface area contributed by atoms with Gasteiger partial charge < -0.3 is 10.4 Å². The highest BCUT2D eigenvalue weighted by Crippen LogP contribution is 2.10. The van der Waals surface area contributed by atoms with Crippen LogP contribution in [0.5, 0.6) is 0 Å². The smallest absolute Gasteiger partial charge is 0.251 e. The fourth-order valence-electron chi connectivity index (χ4n) is 1.21. The van der Waals surface area contributed by atoms with Gasteiger partial charge in [0.25, 0.3) is 5.91 Å². The zero-order valence-corrected chi connectivity index (χ0v) is 10.5. The van der Waals surface area contributed by atoms with E-state index < -0.39 is 9.84 Å². The molecule has 0 heterocycles. The Labute approximate surface area is 100 Å². The molecule has 1 rings (SSSR count). The molecule has 5 nitrogen and oxygen atoms in total. The van der Waals surface area contributed by atoms with E-state index in [1.807, 2.05) is 0 Å². The summed E-state index contributed by atoms with van der Waals surface area (Å²) < 4.78 is 22.4. The van der Waals surface area contributed by atoms with E-state index in [4.69, 9.17) is 5.11 Å². The fourth-order valence-corrected chi connectivity index (χ4v) is 1.84. The average molecular weight is 257 g/mol. The molecule has 0 saturated heterocycles. The third-order valence-corrected chi connectivity index (χ3v) is 3.32. The molecule has 0 aromatic heterocycles. The van der Waals surface area contributed by atoms with Crippen LogP contribution in [0.3, 0.4) is 0 Å². The van der Waals surface area contributed by atoms with E-state index in [0.717, 1.165) is 6.26 Å². The van der Waals surface area contributed by atoms with Gasteiger partial charge in [0.2, 0.25) is 0 Å². The standard InChI is InChI=1S/C11H15NO4S/c1-8(7-13)12-11(14)9-3-5-10(6-4-9)17(2,15)16/h3-6,8,13H,7H2,1-2H3,(H,12,14)/t8-/m1/s1. The second-order valence-electron chi connectivity index (χ2n) is 3.85. The predicted octanol–water partition coefficient (Wildman–Crippen LogP) is 0.201. The van der Waals surface area contributed by atoms with Crippen LogP contribution in [0, 0.1) is 0 Å². The highest BCUT2D eigenvalue weighted by molar-refractivity contribution is 7.90. The van der Waals surface area contributed by atoms with Crippen LogP contribution in [-0.4, -0.2) is 38.3 Å². The number of hydrogen-bond acceptors (Lipinski definition) is 4. The van der Waals surface area contributed by atoms with Crippen molar-refractivity contribution in [1.29, 1.82) is 0 Å². The minimum atomic E-state index is -3.24. The van der Waals surface area contributed by atoms with Gasteiger partial charge in [0.05, 0.1) is 11.5 Å². The van der Waals surface area contributed by atoms with Crippen LogP contribution in [0.1, 0.15) is 17.3 Å². The Balaban J connectivity index is 2.85. The summed E-state index contributed by atoms with van der Waals surface area (Å²) in [6.07, 6.45) is 1.11. The molecule has 94 valence electrons. The van der Waals surface area contributed by atoms with Crippen molar-refractivity contribution in [3.63, 3.8) is 0 Å². The molecule has 1 atom stereocenters. The molecule has 0 fully saturated rings. The number of carbonyl (C=O) groups excluding carboxylic acids is 1. The fraction of sp³-hybridized carbons (Fsp3) is 0.364. The molecule has 6 heteroatoms. The molecular formula is C11H15NO4S. The van der Waals surface area contributed by atoms with Crippen molar-refractivity contribution in [1.82, 2.24) is 5.32 Å². The van der Waals surface area contributed by atoms with Crippen molar-refractivity contribution < 1.29 is 18.3 Å². The molecule has 1 aromatic rings. The van der Waals surface area contributed by atoms with E-state index in [-0.39, 0.29) is 23.5 Å². The predicted molar refractivity (Wildman–Crippen MR) is 63.6 cm³/mol. The van der Waals surface area contributed by atoms with Gasteiger partial charge in [0.1, 0.15) is 0 Å². The van der Waals surface area contributed by atoms with Gasteiger partial charge in [-0.2, -0.15) is 0 Å². The molecule has 1 aromatic carbocycles. The van der Waals surface area contributed by atoms with Gasteiger partial charge >= 0.3 is 0 Å². The maximum absolute atomic E-state index is 11.6. The number of benzene rings is 1. The van der Waals surface area contributed by atoms with Gasteiger partial charge in [0.15, 0.2) is 9.84 Å². The maximum Gasteiger partial charge on any atom is 0.251 e. The van der Waals surface area contributed by atoms with Crippen LogP contribution in [0.2, 0.25) is 0 Å². The third kappa shape index (κ3) is 3.83. The Morgan fingerprint density at radius 1 is 1.35 bits per heavy atom. The van der Waals surface area contributed by atoms with E-state index in [1.165, 1.54) is 24.3 Å². The SMILES string of the molecule is C[C@H](CO)NC(=O)c1ccc(S(C)(=O)=O)cc1. The minimum absolute atomic E-state index is 0.146. The van der Waals surface area contributed by atoms with Gasteiger partial charge in [-0.05, 0) is 31.2 Å². The van der Waals surface area contributed by atoms with Gasteiger partial charge in [-0.15, -0.1) is 0 Å². The quantitative estimate of drug-likeness (QED) is 0.807. The third-order valence-electron chi connectivity index (χ3n) is 2.20. The summed E-state index contributed by atoms with van der Waals surface area (Å²) in [4.78, 5) is 11.8. The number of nitrogens with one attached hydrogen (secondary N) is 1. The number of sulfone groups is 1. The Kier molecular flexibility index (Phi) is 4.25. The van der Waals surface area contributed by atoms with Crippen LogP contribution < -0.4 is 5.32 Å². The molecule has 0 saturated carbocycles. The lowest BCUT2D eigenvalue weighted by Gasteiger charge is -2.10. The molecular weight excluding hydrogens is 242 g/mol. The first kappa shape index (κ1) is 13.7. The van der Waals surface area contributed by atoms with E-state index in [2.05, 4.69) is 5.32 Å². The molecule has 0 aliphatic carbocycles. The first-order valence-electron chi connectivity index (χ1n) is 5.06. The number of hydrogen-bond donors (Lipinski definition) is 2. The molecule has 17 heavy (non-hydrogen) atoms. The number of rotatable bonds is 4. The second kappa shape index (κ2) is 5.29. The van der Waals surface area contributed by atoms with Gasteiger partial charge in [-0.25, -0.2) is 8.42 Å². The van der Waals surface area contributed by atoms with Crippen molar-refractivity contribution in [2.75, 3.05) is 12.9 Å². The van der Waals surface area contributed by atoms with Crippen molar-refractivity contribution in [2.45, 2.75) is 17.9 Å². The van der Waals surface area contributed by atoms with Gasteiger partial charge in [0, 0.05) is 17.9 Å².